The van der Waals surface area contributed by atoms with Gasteiger partial charge >= 0.3 is 5.69 Å². The highest BCUT2D eigenvalue weighted by Gasteiger charge is 2.43. The highest BCUT2D eigenvalue weighted by Crippen LogP contribution is 2.30. The van der Waals surface area contributed by atoms with E-state index in [4.69, 9.17) is 15.6 Å². The van der Waals surface area contributed by atoms with Gasteiger partial charge in [-0.25, -0.2) is 4.79 Å². The van der Waals surface area contributed by atoms with Gasteiger partial charge in [0.1, 0.15) is 24.1 Å². The molecular formula is C15H17N3O5. The van der Waals surface area contributed by atoms with E-state index in [1.54, 1.807) is 12.1 Å². The summed E-state index contributed by atoms with van der Waals surface area (Å²) in [6, 6.07) is 9.08. The lowest BCUT2D eigenvalue weighted by Crippen LogP contribution is -2.36. The smallest absolute Gasteiger partial charge is 0.351 e. The molecule has 1 aliphatic rings. The van der Waals surface area contributed by atoms with Gasteiger partial charge in [-0.2, -0.15) is 4.98 Å². The average Bonchev–Trinajstić information content (AvgIpc) is 2.84. The molecule has 0 amide bonds. The number of anilines is 1. The molecule has 122 valence electrons. The van der Waals surface area contributed by atoms with Crippen molar-refractivity contribution >= 4 is 5.82 Å². The quantitative estimate of drug-likeness (QED) is 0.577. The zero-order chi connectivity index (χ0) is 16.6. The molecule has 2 aromatic rings. The highest BCUT2D eigenvalue weighted by molar-refractivity contribution is 5.72. The number of ether oxygens (including phenoxy) is 1. The van der Waals surface area contributed by atoms with E-state index in [-0.39, 0.29) is 5.82 Å². The molecule has 1 saturated heterocycles. The van der Waals surface area contributed by atoms with Gasteiger partial charge in [-0.3, -0.25) is 4.57 Å². The van der Waals surface area contributed by atoms with Gasteiger partial charge < -0.3 is 25.8 Å². The predicted molar refractivity (Wildman–Crippen MR) is 81.4 cm³/mol. The topological polar surface area (TPSA) is 131 Å². The van der Waals surface area contributed by atoms with Crippen LogP contribution in [0, 0.1) is 0 Å². The second kappa shape index (κ2) is 6.09. The Balaban J connectivity index is 2.06. The monoisotopic (exact) mass is 319 g/mol. The standard InChI is InChI=1S/C15H17N3O5/c16-13-9(8-4-2-1-3-5-8)6-18(15(22)17-13)14-12(21)11(20)10(7-19)23-14/h1-6,10-12,14,19-21H,7H2,(H2,16,17,22). The molecule has 0 bridgehead atoms. The molecule has 3 rings (SSSR count). The van der Waals surface area contributed by atoms with Crippen molar-refractivity contribution in [3.05, 3.63) is 47.0 Å². The summed E-state index contributed by atoms with van der Waals surface area (Å²) in [5.41, 5.74) is 6.36. The first-order valence-electron chi connectivity index (χ1n) is 7.09. The van der Waals surface area contributed by atoms with Crippen molar-refractivity contribution in [1.82, 2.24) is 9.55 Å². The Labute approximate surface area is 131 Å². The minimum atomic E-state index is -1.36. The van der Waals surface area contributed by atoms with E-state index in [9.17, 15) is 15.0 Å². The summed E-state index contributed by atoms with van der Waals surface area (Å²) in [5, 5.41) is 29.0. The molecule has 8 heteroatoms. The van der Waals surface area contributed by atoms with Crippen molar-refractivity contribution in [2.45, 2.75) is 24.5 Å². The maximum absolute atomic E-state index is 12.1. The van der Waals surface area contributed by atoms with Gasteiger partial charge in [-0.05, 0) is 5.56 Å². The zero-order valence-corrected chi connectivity index (χ0v) is 12.1. The molecule has 0 spiro atoms. The van der Waals surface area contributed by atoms with E-state index in [2.05, 4.69) is 4.98 Å². The number of nitrogen functional groups attached to an aromatic ring is 1. The van der Waals surface area contributed by atoms with Crippen LogP contribution >= 0.6 is 0 Å². The largest absolute Gasteiger partial charge is 0.394 e. The van der Waals surface area contributed by atoms with Crippen molar-refractivity contribution in [2.75, 3.05) is 12.3 Å². The zero-order valence-electron chi connectivity index (χ0n) is 12.1. The maximum atomic E-state index is 12.1. The summed E-state index contributed by atoms with van der Waals surface area (Å²) in [7, 11) is 0. The van der Waals surface area contributed by atoms with Gasteiger partial charge in [-0.1, -0.05) is 30.3 Å². The Hall–Kier alpha value is -2.26. The van der Waals surface area contributed by atoms with E-state index in [0.717, 1.165) is 10.1 Å². The number of hydrogen-bond donors (Lipinski definition) is 4. The molecule has 23 heavy (non-hydrogen) atoms. The normalized spacial score (nSPS) is 27.3. The van der Waals surface area contributed by atoms with Crippen LogP contribution in [-0.4, -0.2) is 49.8 Å². The lowest BCUT2D eigenvalue weighted by atomic mass is 10.1. The van der Waals surface area contributed by atoms with Crippen molar-refractivity contribution in [3.8, 4) is 11.1 Å². The van der Waals surface area contributed by atoms with Gasteiger partial charge in [0, 0.05) is 11.8 Å². The van der Waals surface area contributed by atoms with Crippen LogP contribution in [0.4, 0.5) is 5.82 Å². The van der Waals surface area contributed by atoms with Crippen LogP contribution in [0.2, 0.25) is 0 Å². The minimum absolute atomic E-state index is 0.0594. The fraction of sp³-hybridized carbons (Fsp3) is 0.333. The summed E-state index contributed by atoms with van der Waals surface area (Å²) in [4.78, 5) is 15.8. The van der Waals surface area contributed by atoms with E-state index in [1.165, 1.54) is 6.20 Å². The number of aliphatic hydroxyl groups excluding tert-OH is 3. The third kappa shape index (κ3) is 2.73. The summed E-state index contributed by atoms with van der Waals surface area (Å²) in [5.74, 6) is 0.0594. The summed E-state index contributed by atoms with van der Waals surface area (Å²) >= 11 is 0. The Kier molecular flexibility index (Phi) is 4.14. The third-order valence-electron chi connectivity index (χ3n) is 3.86. The molecule has 1 aromatic carbocycles. The van der Waals surface area contributed by atoms with E-state index in [0.29, 0.717) is 5.56 Å². The van der Waals surface area contributed by atoms with E-state index in [1.807, 2.05) is 18.2 Å². The molecule has 1 fully saturated rings. The van der Waals surface area contributed by atoms with Crippen LogP contribution in [0.1, 0.15) is 6.23 Å². The molecule has 8 nitrogen and oxygen atoms in total. The molecule has 5 N–H and O–H groups in total. The number of nitrogens with two attached hydrogens (primary N) is 1. The fourth-order valence-electron chi connectivity index (χ4n) is 2.61. The number of hydrogen-bond acceptors (Lipinski definition) is 7. The van der Waals surface area contributed by atoms with Crippen LogP contribution in [0.15, 0.2) is 41.3 Å². The van der Waals surface area contributed by atoms with Gasteiger partial charge in [0.25, 0.3) is 0 Å². The lowest BCUT2D eigenvalue weighted by Gasteiger charge is -2.18. The lowest BCUT2D eigenvalue weighted by molar-refractivity contribution is -0.0548. The Morgan fingerprint density at radius 2 is 1.91 bits per heavy atom. The fourth-order valence-corrected chi connectivity index (χ4v) is 2.61. The predicted octanol–water partition coefficient (Wildman–Crippen LogP) is -0.896. The van der Waals surface area contributed by atoms with Crippen molar-refractivity contribution in [3.63, 3.8) is 0 Å². The number of rotatable bonds is 3. The molecule has 4 unspecified atom stereocenters. The first-order valence-corrected chi connectivity index (χ1v) is 7.09. The average molecular weight is 319 g/mol. The van der Waals surface area contributed by atoms with Gasteiger partial charge in [0.15, 0.2) is 6.23 Å². The Bertz CT molecular complexity index is 749. The minimum Gasteiger partial charge on any atom is -0.394 e. The van der Waals surface area contributed by atoms with Crippen LogP contribution < -0.4 is 11.4 Å². The summed E-state index contributed by atoms with van der Waals surface area (Å²) in [6.07, 6.45) is -3.35. The van der Waals surface area contributed by atoms with E-state index < -0.39 is 36.8 Å². The van der Waals surface area contributed by atoms with Crippen LogP contribution in [0.25, 0.3) is 11.1 Å². The van der Waals surface area contributed by atoms with Crippen LogP contribution in [0.5, 0.6) is 0 Å². The Morgan fingerprint density at radius 3 is 2.52 bits per heavy atom. The molecule has 0 saturated carbocycles. The molecular weight excluding hydrogens is 302 g/mol. The molecule has 4 atom stereocenters. The van der Waals surface area contributed by atoms with Crippen molar-refractivity contribution in [2.24, 2.45) is 0 Å². The molecule has 2 heterocycles. The van der Waals surface area contributed by atoms with Gasteiger partial charge in [0.2, 0.25) is 0 Å². The first kappa shape index (κ1) is 15.6. The second-order valence-electron chi connectivity index (χ2n) is 5.32. The summed E-state index contributed by atoms with van der Waals surface area (Å²) in [6.45, 7) is -0.475. The molecule has 0 radical (unpaired) electrons. The van der Waals surface area contributed by atoms with Crippen molar-refractivity contribution < 1.29 is 20.1 Å². The molecule has 1 aliphatic heterocycles. The van der Waals surface area contributed by atoms with Gasteiger partial charge in [-0.15, -0.1) is 0 Å². The molecule has 0 aliphatic carbocycles. The molecule has 1 aromatic heterocycles. The number of nitrogens with zero attached hydrogens (tertiary/aromatic N) is 2. The van der Waals surface area contributed by atoms with Crippen LogP contribution in [-0.2, 0) is 4.74 Å². The van der Waals surface area contributed by atoms with Gasteiger partial charge in [0.05, 0.1) is 6.61 Å². The second-order valence-corrected chi connectivity index (χ2v) is 5.32. The van der Waals surface area contributed by atoms with E-state index >= 15 is 0 Å². The number of aliphatic hydroxyl groups is 3. The maximum Gasteiger partial charge on any atom is 0.351 e. The van der Waals surface area contributed by atoms with Crippen LogP contribution in [0.3, 0.4) is 0 Å². The van der Waals surface area contributed by atoms with Crippen molar-refractivity contribution in [1.29, 1.82) is 0 Å². The third-order valence-corrected chi connectivity index (χ3v) is 3.86. The number of benzene rings is 1. The SMILES string of the molecule is Nc1nc(=O)n(C2OC(CO)C(O)C2O)cc1-c1ccccc1. The Morgan fingerprint density at radius 1 is 1.22 bits per heavy atom. The highest BCUT2D eigenvalue weighted by atomic mass is 16.6. The first-order chi connectivity index (χ1) is 11.0. The number of aromatic nitrogens is 2. The summed E-state index contributed by atoms with van der Waals surface area (Å²) < 4.78 is 6.44.